The SMILES string of the molecule is NS(=O)(=O)c1ccc(-c2nnc(-c3ccc(OCc4cccc(F)c4)cc3)o2)cc1. The van der Waals surface area contributed by atoms with Crippen LogP contribution in [-0.4, -0.2) is 18.6 Å². The summed E-state index contributed by atoms with van der Waals surface area (Å²) in [6.45, 7) is 0.246. The molecule has 0 bridgehead atoms. The fraction of sp³-hybridized carbons (Fsp3) is 0.0476. The van der Waals surface area contributed by atoms with Crippen LogP contribution in [0.1, 0.15) is 5.56 Å². The van der Waals surface area contributed by atoms with Gasteiger partial charge in [-0.2, -0.15) is 0 Å². The van der Waals surface area contributed by atoms with Crippen molar-refractivity contribution in [2.24, 2.45) is 5.14 Å². The number of benzene rings is 3. The molecule has 0 fully saturated rings. The maximum absolute atomic E-state index is 13.2. The zero-order chi connectivity index (χ0) is 21.1. The second-order valence-corrected chi connectivity index (χ2v) is 7.99. The summed E-state index contributed by atoms with van der Waals surface area (Å²) in [4.78, 5) is -0.000168. The number of nitrogens with two attached hydrogens (primary N) is 1. The zero-order valence-electron chi connectivity index (χ0n) is 15.5. The van der Waals surface area contributed by atoms with Crippen LogP contribution in [0.25, 0.3) is 22.9 Å². The lowest BCUT2D eigenvalue weighted by Gasteiger charge is -2.06. The lowest BCUT2D eigenvalue weighted by atomic mass is 10.2. The molecular formula is C21H16FN3O4S. The van der Waals surface area contributed by atoms with Crippen molar-refractivity contribution in [3.8, 4) is 28.7 Å². The molecule has 0 aliphatic carbocycles. The summed E-state index contributed by atoms with van der Waals surface area (Å²) < 4.78 is 47.2. The Kier molecular flexibility index (Phi) is 5.30. The summed E-state index contributed by atoms with van der Waals surface area (Å²) in [5.41, 5.74) is 1.98. The first-order chi connectivity index (χ1) is 14.4. The fourth-order valence-electron chi connectivity index (χ4n) is 2.73. The molecule has 2 N–H and O–H groups in total. The molecule has 0 radical (unpaired) electrons. The molecule has 1 aromatic heterocycles. The predicted molar refractivity (Wildman–Crippen MR) is 107 cm³/mol. The van der Waals surface area contributed by atoms with E-state index in [1.165, 1.54) is 24.3 Å². The van der Waals surface area contributed by atoms with Gasteiger partial charge >= 0.3 is 0 Å². The average molecular weight is 425 g/mol. The van der Waals surface area contributed by atoms with E-state index in [-0.39, 0.29) is 23.2 Å². The molecule has 4 rings (SSSR count). The number of aromatic nitrogens is 2. The molecule has 7 nitrogen and oxygen atoms in total. The molecule has 1 heterocycles. The Morgan fingerprint density at radius 2 is 1.50 bits per heavy atom. The topological polar surface area (TPSA) is 108 Å². The molecular weight excluding hydrogens is 409 g/mol. The third kappa shape index (κ3) is 4.53. The molecule has 0 unspecified atom stereocenters. The van der Waals surface area contributed by atoms with Gasteiger partial charge in [0.2, 0.25) is 21.8 Å². The van der Waals surface area contributed by atoms with Crippen LogP contribution in [0.4, 0.5) is 4.39 Å². The second-order valence-electron chi connectivity index (χ2n) is 6.42. The number of hydrogen-bond acceptors (Lipinski definition) is 6. The van der Waals surface area contributed by atoms with E-state index in [1.807, 2.05) is 0 Å². The monoisotopic (exact) mass is 425 g/mol. The molecule has 9 heteroatoms. The Morgan fingerprint density at radius 1 is 0.900 bits per heavy atom. The van der Waals surface area contributed by atoms with E-state index < -0.39 is 10.0 Å². The van der Waals surface area contributed by atoms with Crippen molar-refractivity contribution in [2.45, 2.75) is 11.5 Å². The van der Waals surface area contributed by atoms with Crippen molar-refractivity contribution in [1.82, 2.24) is 10.2 Å². The van der Waals surface area contributed by atoms with E-state index >= 15 is 0 Å². The quantitative estimate of drug-likeness (QED) is 0.504. The number of sulfonamides is 1. The van der Waals surface area contributed by atoms with Crippen LogP contribution in [0.5, 0.6) is 5.75 Å². The molecule has 0 saturated heterocycles. The fourth-order valence-corrected chi connectivity index (χ4v) is 3.25. The minimum absolute atomic E-state index is 0.000168. The maximum Gasteiger partial charge on any atom is 0.248 e. The summed E-state index contributed by atoms with van der Waals surface area (Å²) in [6, 6.07) is 19.1. The highest BCUT2D eigenvalue weighted by molar-refractivity contribution is 7.89. The lowest BCUT2D eigenvalue weighted by molar-refractivity contribution is 0.305. The minimum Gasteiger partial charge on any atom is -0.489 e. The van der Waals surface area contributed by atoms with Crippen LogP contribution in [-0.2, 0) is 16.6 Å². The molecule has 152 valence electrons. The van der Waals surface area contributed by atoms with Gasteiger partial charge in [0, 0.05) is 11.1 Å². The van der Waals surface area contributed by atoms with E-state index in [0.717, 1.165) is 5.56 Å². The van der Waals surface area contributed by atoms with Gasteiger partial charge in [0.25, 0.3) is 0 Å². The highest BCUT2D eigenvalue weighted by Crippen LogP contribution is 2.26. The number of nitrogens with zero attached hydrogens (tertiary/aromatic N) is 2. The van der Waals surface area contributed by atoms with Crippen molar-refractivity contribution >= 4 is 10.0 Å². The van der Waals surface area contributed by atoms with E-state index in [4.69, 9.17) is 14.3 Å². The number of primary sulfonamides is 1. The van der Waals surface area contributed by atoms with Gasteiger partial charge in [-0.05, 0) is 66.2 Å². The largest absolute Gasteiger partial charge is 0.489 e. The van der Waals surface area contributed by atoms with Crippen LogP contribution in [0, 0.1) is 5.82 Å². The summed E-state index contributed by atoms with van der Waals surface area (Å²) in [6.07, 6.45) is 0. The second kappa shape index (κ2) is 8.05. The Bertz CT molecular complexity index is 1270. The van der Waals surface area contributed by atoms with Gasteiger partial charge < -0.3 is 9.15 Å². The third-order valence-electron chi connectivity index (χ3n) is 4.25. The van der Waals surface area contributed by atoms with Crippen LogP contribution in [0.3, 0.4) is 0 Å². The van der Waals surface area contributed by atoms with Gasteiger partial charge in [0.15, 0.2) is 0 Å². The molecule has 30 heavy (non-hydrogen) atoms. The summed E-state index contributed by atoms with van der Waals surface area (Å²) in [5.74, 6) is 0.855. The van der Waals surface area contributed by atoms with E-state index in [2.05, 4.69) is 10.2 Å². The van der Waals surface area contributed by atoms with E-state index in [9.17, 15) is 12.8 Å². The van der Waals surface area contributed by atoms with Crippen molar-refractivity contribution in [3.63, 3.8) is 0 Å². The lowest BCUT2D eigenvalue weighted by Crippen LogP contribution is -2.11. The van der Waals surface area contributed by atoms with Gasteiger partial charge in [-0.3, -0.25) is 0 Å². The van der Waals surface area contributed by atoms with Crippen molar-refractivity contribution < 1.29 is 22.0 Å². The Balaban J connectivity index is 1.45. The number of hydrogen-bond donors (Lipinski definition) is 1. The molecule has 0 saturated carbocycles. The van der Waals surface area contributed by atoms with Crippen LogP contribution < -0.4 is 9.88 Å². The van der Waals surface area contributed by atoms with Gasteiger partial charge in [-0.25, -0.2) is 17.9 Å². The maximum atomic E-state index is 13.2. The first-order valence-electron chi connectivity index (χ1n) is 8.83. The average Bonchev–Trinajstić information content (AvgIpc) is 3.22. The summed E-state index contributed by atoms with van der Waals surface area (Å²) >= 11 is 0. The van der Waals surface area contributed by atoms with Gasteiger partial charge in [-0.1, -0.05) is 12.1 Å². The molecule has 4 aromatic rings. The van der Waals surface area contributed by atoms with E-state index in [1.54, 1.807) is 48.5 Å². The standard InChI is InChI=1S/C21H16FN3O4S/c22-17-3-1-2-14(12-17)13-28-18-8-4-15(5-9-18)20-24-25-21(29-20)16-6-10-19(11-7-16)30(23,26)27/h1-12H,13H2,(H2,23,26,27). The Hall–Kier alpha value is -3.56. The highest BCUT2D eigenvalue weighted by Gasteiger charge is 2.13. The van der Waals surface area contributed by atoms with Crippen molar-refractivity contribution in [1.29, 1.82) is 0 Å². The van der Waals surface area contributed by atoms with Gasteiger partial charge in [0.05, 0.1) is 4.90 Å². The number of rotatable bonds is 6. The summed E-state index contributed by atoms with van der Waals surface area (Å²) in [7, 11) is -3.77. The minimum atomic E-state index is -3.77. The van der Waals surface area contributed by atoms with E-state index in [0.29, 0.717) is 22.8 Å². The first-order valence-corrected chi connectivity index (χ1v) is 10.4. The molecule has 3 aromatic carbocycles. The predicted octanol–water partition coefficient (Wildman–Crippen LogP) is 3.77. The van der Waals surface area contributed by atoms with Crippen LogP contribution >= 0.6 is 0 Å². The first kappa shape index (κ1) is 19.7. The number of halogens is 1. The third-order valence-corrected chi connectivity index (χ3v) is 5.18. The van der Waals surface area contributed by atoms with Crippen molar-refractivity contribution in [3.05, 3.63) is 84.2 Å². The highest BCUT2D eigenvalue weighted by atomic mass is 32.2. The molecule has 0 atom stereocenters. The van der Waals surface area contributed by atoms with Crippen molar-refractivity contribution in [2.75, 3.05) is 0 Å². The molecule has 0 aliphatic rings. The normalized spacial score (nSPS) is 11.4. The zero-order valence-corrected chi connectivity index (χ0v) is 16.3. The van der Waals surface area contributed by atoms with Gasteiger partial charge in [-0.15, -0.1) is 10.2 Å². The Labute approximate surface area is 172 Å². The van der Waals surface area contributed by atoms with Gasteiger partial charge in [0.1, 0.15) is 18.2 Å². The van der Waals surface area contributed by atoms with Crippen LogP contribution in [0.15, 0.2) is 82.1 Å². The molecule has 0 spiro atoms. The number of ether oxygens (including phenoxy) is 1. The Morgan fingerprint density at radius 3 is 2.07 bits per heavy atom. The smallest absolute Gasteiger partial charge is 0.248 e. The molecule has 0 amide bonds. The summed E-state index contributed by atoms with van der Waals surface area (Å²) in [5, 5.41) is 13.1. The van der Waals surface area contributed by atoms with Crippen LogP contribution in [0.2, 0.25) is 0 Å². The molecule has 0 aliphatic heterocycles.